The number of fused-ring (bicyclic) bond motifs is 1. The van der Waals surface area contributed by atoms with Gasteiger partial charge in [-0.3, -0.25) is 4.90 Å². The van der Waals surface area contributed by atoms with E-state index in [1.54, 1.807) is 4.90 Å². The van der Waals surface area contributed by atoms with E-state index in [2.05, 4.69) is 0 Å². The Bertz CT molecular complexity index is 204. The van der Waals surface area contributed by atoms with Crippen molar-refractivity contribution in [3.8, 4) is 0 Å². The van der Waals surface area contributed by atoms with Gasteiger partial charge in [-0.15, -0.1) is 0 Å². The van der Waals surface area contributed by atoms with Gasteiger partial charge in [0.2, 0.25) is 0 Å². The summed E-state index contributed by atoms with van der Waals surface area (Å²) in [6.45, 7) is 0.826. The molecule has 0 aromatic carbocycles. The van der Waals surface area contributed by atoms with Gasteiger partial charge in [-0.1, -0.05) is 0 Å². The van der Waals surface area contributed by atoms with Gasteiger partial charge in [-0.25, -0.2) is 4.39 Å². The molecule has 2 heterocycles. The lowest BCUT2D eigenvalue weighted by Crippen LogP contribution is -2.59. The van der Waals surface area contributed by atoms with Crippen molar-refractivity contribution in [2.75, 3.05) is 13.1 Å². The predicted octanol–water partition coefficient (Wildman–Crippen LogP) is -1.50. The lowest BCUT2D eigenvalue weighted by molar-refractivity contribution is -0.111. The van der Waals surface area contributed by atoms with Gasteiger partial charge in [0, 0.05) is 13.1 Å². The summed E-state index contributed by atoms with van der Waals surface area (Å²) in [6.07, 6.45) is -4.14. The maximum Gasteiger partial charge on any atom is 0.154 e. The molecule has 0 spiro atoms. The second kappa shape index (κ2) is 3.16. The smallest absolute Gasteiger partial charge is 0.154 e. The van der Waals surface area contributed by atoms with Gasteiger partial charge in [0.05, 0.1) is 12.1 Å². The maximum atomic E-state index is 13.1. The van der Waals surface area contributed by atoms with Gasteiger partial charge < -0.3 is 15.3 Å². The van der Waals surface area contributed by atoms with Crippen LogP contribution in [0.5, 0.6) is 0 Å². The van der Waals surface area contributed by atoms with Gasteiger partial charge in [0.25, 0.3) is 0 Å². The molecule has 0 aromatic rings. The number of halogens is 1. The summed E-state index contributed by atoms with van der Waals surface area (Å²) < 4.78 is 13.1. The van der Waals surface area contributed by atoms with Crippen molar-refractivity contribution >= 4 is 0 Å². The van der Waals surface area contributed by atoms with Gasteiger partial charge in [0.1, 0.15) is 12.2 Å². The zero-order valence-electron chi connectivity index (χ0n) is 7.17. The van der Waals surface area contributed by atoms with Crippen LogP contribution in [0.3, 0.4) is 0 Å². The van der Waals surface area contributed by atoms with E-state index in [0.29, 0.717) is 13.0 Å². The largest absolute Gasteiger partial charge is 0.391 e. The molecule has 5 heteroatoms. The Hall–Kier alpha value is -0.230. The molecule has 0 amide bonds. The highest BCUT2D eigenvalue weighted by Gasteiger charge is 2.48. The first-order valence-electron chi connectivity index (χ1n) is 4.53. The monoisotopic (exact) mass is 191 g/mol. The molecule has 2 aliphatic rings. The normalized spacial score (nSPS) is 52.2. The first-order chi connectivity index (χ1) is 6.11. The van der Waals surface area contributed by atoms with Crippen molar-refractivity contribution in [1.29, 1.82) is 0 Å². The van der Waals surface area contributed by atoms with Crippen molar-refractivity contribution in [2.45, 2.75) is 36.9 Å². The molecule has 4 nitrogen and oxygen atoms in total. The van der Waals surface area contributed by atoms with Crippen LogP contribution in [0.1, 0.15) is 6.42 Å². The molecular weight excluding hydrogens is 177 g/mol. The van der Waals surface area contributed by atoms with Crippen molar-refractivity contribution in [1.82, 2.24) is 4.90 Å². The molecule has 0 bridgehead atoms. The third kappa shape index (κ3) is 1.36. The van der Waals surface area contributed by atoms with E-state index in [-0.39, 0.29) is 6.54 Å². The lowest BCUT2D eigenvalue weighted by atomic mass is 9.94. The topological polar surface area (TPSA) is 63.9 Å². The van der Waals surface area contributed by atoms with Crippen molar-refractivity contribution < 1.29 is 19.7 Å². The molecule has 2 fully saturated rings. The molecular formula is C8H14FNO3. The minimum atomic E-state index is -1.63. The SMILES string of the molecule is O[C@H]1[C@@H](F)[C@@H](O)CN2CC[C@H](O)[C@H]12. The second-order valence-electron chi connectivity index (χ2n) is 3.84. The summed E-state index contributed by atoms with van der Waals surface area (Å²) in [6, 6.07) is -0.529. The van der Waals surface area contributed by atoms with E-state index >= 15 is 0 Å². The van der Waals surface area contributed by atoms with Crippen molar-refractivity contribution in [2.24, 2.45) is 0 Å². The number of aliphatic hydroxyl groups excluding tert-OH is 3. The highest BCUT2D eigenvalue weighted by atomic mass is 19.1. The first-order valence-corrected chi connectivity index (χ1v) is 4.53. The molecule has 5 atom stereocenters. The van der Waals surface area contributed by atoms with Crippen LogP contribution < -0.4 is 0 Å². The second-order valence-corrected chi connectivity index (χ2v) is 3.84. The van der Waals surface area contributed by atoms with Gasteiger partial charge in [-0.2, -0.15) is 0 Å². The molecule has 0 aliphatic carbocycles. The van der Waals surface area contributed by atoms with Crippen molar-refractivity contribution in [3.63, 3.8) is 0 Å². The Morgan fingerprint density at radius 1 is 1.15 bits per heavy atom. The standard InChI is InChI=1S/C8H14FNO3/c9-6-5(12)3-10-2-1-4(11)7(10)8(6)13/h4-8,11-13H,1-3H2/t4-,5-,6-,7+,8-/m0/s1. The Labute approximate surface area is 75.6 Å². The summed E-state index contributed by atoms with van der Waals surface area (Å²) in [4.78, 5) is 1.75. The Morgan fingerprint density at radius 2 is 1.85 bits per heavy atom. The summed E-state index contributed by atoms with van der Waals surface area (Å²) in [7, 11) is 0. The highest BCUT2D eigenvalue weighted by molar-refractivity contribution is 5.01. The fourth-order valence-electron chi connectivity index (χ4n) is 2.27. The molecule has 13 heavy (non-hydrogen) atoms. The fraction of sp³-hybridized carbons (Fsp3) is 1.00. The van der Waals surface area contributed by atoms with E-state index in [9.17, 15) is 19.7 Å². The molecule has 76 valence electrons. The third-order valence-corrected chi connectivity index (χ3v) is 2.99. The quantitative estimate of drug-likeness (QED) is 0.436. The Morgan fingerprint density at radius 3 is 2.54 bits per heavy atom. The van der Waals surface area contributed by atoms with Crippen LogP contribution in [0, 0.1) is 0 Å². The number of alkyl halides is 1. The Balaban J connectivity index is 2.15. The highest BCUT2D eigenvalue weighted by Crippen LogP contribution is 2.29. The lowest BCUT2D eigenvalue weighted by Gasteiger charge is -2.39. The van der Waals surface area contributed by atoms with Crippen LogP contribution in [-0.2, 0) is 0 Å². The van der Waals surface area contributed by atoms with E-state index in [1.165, 1.54) is 0 Å². The minimum absolute atomic E-state index is 0.208. The Kier molecular flexibility index (Phi) is 2.27. The molecule has 0 aromatic heterocycles. The number of rotatable bonds is 0. The number of piperidine rings is 1. The van der Waals surface area contributed by atoms with Crippen LogP contribution in [-0.4, -0.2) is 63.8 Å². The molecule has 3 N–H and O–H groups in total. The molecule has 0 unspecified atom stereocenters. The van der Waals surface area contributed by atoms with Gasteiger partial charge in [0.15, 0.2) is 6.17 Å². The zero-order chi connectivity index (χ0) is 9.59. The summed E-state index contributed by atoms with van der Waals surface area (Å²) in [5.41, 5.74) is 0. The van der Waals surface area contributed by atoms with Crippen LogP contribution >= 0.6 is 0 Å². The predicted molar refractivity (Wildman–Crippen MR) is 42.9 cm³/mol. The molecule has 0 saturated carbocycles. The maximum absolute atomic E-state index is 13.1. The van der Waals surface area contributed by atoms with Gasteiger partial charge in [-0.05, 0) is 6.42 Å². The first kappa shape index (κ1) is 9.33. The third-order valence-electron chi connectivity index (χ3n) is 2.99. The zero-order valence-corrected chi connectivity index (χ0v) is 7.17. The van der Waals surface area contributed by atoms with Crippen LogP contribution in [0.2, 0.25) is 0 Å². The molecule has 2 rings (SSSR count). The fourth-order valence-corrected chi connectivity index (χ4v) is 2.27. The number of hydrogen-bond donors (Lipinski definition) is 3. The molecule has 0 radical (unpaired) electrons. The van der Waals surface area contributed by atoms with Crippen molar-refractivity contribution in [3.05, 3.63) is 0 Å². The minimum Gasteiger partial charge on any atom is -0.391 e. The van der Waals surface area contributed by atoms with E-state index < -0.39 is 30.5 Å². The number of hydrogen-bond acceptors (Lipinski definition) is 4. The summed E-state index contributed by atoms with van der Waals surface area (Å²) in [5.74, 6) is 0. The van der Waals surface area contributed by atoms with E-state index in [0.717, 1.165) is 0 Å². The van der Waals surface area contributed by atoms with E-state index in [4.69, 9.17) is 0 Å². The molecule has 2 aliphatic heterocycles. The van der Waals surface area contributed by atoms with Crippen LogP contribution in [0.25, 0.3) is 0 Å². The molecule has 2 saturated heterocycles. The van der Waals surface area contributed by atoms with Crippen LogP contribution in [0.4, 0.5) is 4.39 Å². The van der Waals surface area contributed by atoms with Crippen LogP contribution in [0.15, 0.2) is 0 Å². The average molecular weight is 191 g/mol. The van der Waals surface area contributed by atoms with E-state index in [1.807, 2.05) is 0 Å². The number of nitrogens with zero attached hydrogens (tertiary/aromatic N) is 1. The average Bonchev–Trinajstić information content (AvgIpc) is 2.43. The van der Waals surface area contributed by atoms with Gasteiger partial charge >= 0.3 is 0 Å². The summed E-state index contributed by atoms with van der Waals surface area (Å²) >= 11 is 0. The summed E-state index contributed by atoms with van der Waals surface area (Å²) in [5, 5.41) is 28.1. The number of aliphatic hydroxyl groups is 3.